The zero-order valence-corrected chi connectivity index (χ0v) is 10.9. The molecule has 2 N–H and O–H groups in total. The van der Waals surface area contributed by atoms with Crippen LogP contribution in [0.1, 0.15) is 32.6 Å². The summed E-state index contributed by atoms with van der Waals surface area (Å²) in [5, 5.41) is 0. The van der Waals surface area contributed by atoms with Crippen LogP contribution in [0.25, 0.3) is 11.1 Å². The molecule has 18 heavy (non-hydrogen) atoms. The number of oxazole rings is 1. The Bertz CT molecular complexity index is 573. The molecule has 0 amide bonds. The zero-order chi connectivity index (χ0) is 12.8. The maximum Gasteiger partial charge on any atom is 0.209 e. The van der Waals surface area contributed by atoms with Gasteiger partial charge in [-0.1, -0.05) is 0 Å². The van der Waals surface area contributed by atoms with Gasteiger partial charge in [0.05, 0.1) is 6.54 Å². The number of benzene rings is 1. The van der Waals surface area contributed by atoms with E-state index in [1.54, 1.807) is 0 Å². The molecule has 1 aromatic carbocycles. The molecule has 1 aliphatic rings. The topological polar surface area (TPSA) is 55.3 Å². The highest BCUT2D eigenvalue weighted by molar-refractivity contribution is 5.76. The second-order valence-corrected chi connectivity index (χ2v) is 5.67. The molecule has 1 saturated heterocycles. The molecule has 0 radical (unpaired) electrons. The molecule has 1 fully saturated rings. The van der Waals surface area contributed by atoms with Crippen molar-refractivity contribution in [3.05, 3.63) is 24.1 Å². The Morgan fingerprint density at radius 3 is 3.00 bits per heavy atom. The van der Waals surface area contributed by atoms with Crippen molar-refractivity contribution in [1.29, 1.82) is 0 Å². The van der Waals surface area contributed by atoms with E-state index in [0.717, 1.165) is 30.1 Å². The third-order valence-corrected chi connectivity index (χ3v) is 3.86. The highest BCUT2D eigenvalue weighted by Crippen LogP contribution is 2.30. The van der Waals surface area contributed by atoms with Gasteiger partial charge in [-0.3, -0.25) is 4.90 Å². The number of rotatable bonds is 2. The quantitative estimate of drug-likeness (QED) is 0.827. The summed E-state index contributed by atoms with van der Waals surface area (Å²) in [5.74, 6) is 0.783. The molecule has 1 aliphatic heterocycles. The van der Waals surface area contributed by atoms with Crippen molar-refractivity contribution >= 4 is 16.8 Å². The average Bonchev–Trinajstić information content (AvgIpc) is 2.82. The lowest BCUT2D eigenvalue weighted by molar-refractivity contribution is 0.152. The van der Waals surface area contributed by atoms with Crippen LogP contribution in [0.15, 0.2) is 22.6 Å². The van der Waals surface area contributed by atoms with Crippen LogP contribution in [0.3, 0.4) is 0 Å². The van der Waals surface area contributed by atoms with Gasteiger partial charge in [0.1, 0.15) is 5.52 Å². The van der Waals surface area contributed by atoms with Gasteiger partial charge in [-0.25, -0.2) is 4.98 Å². The molecule has 4 nitrogen and oxygen atoms in total. The van der Waals surface area contributed by atoms with E-state index in [4.69, 9.17) is 10.2 Å². The van der Waals surface area contributed by atoms with Crippen molar-refractivity contribution in [1.82, 2.24) is 9.88 Å². The first-order valence-corrected chi connectivity index (χ1v) is 6.45. The summed E-state index contributed by atoms with van der Waals surface area (Å²) in [6.07, 6.45) is 2.49. The molecule has 0 atom stereocenters. The number of nitrogen functional groups attached to an aromatic ring is 1. The van der Waals surface area contributed by atoms with Crippen molar-refractivity contribution in [3.63, 3.8) is 0 Å². The Balaban J connectivity index is 1.87. The first kappa shape index (κ1) is 11.5. The van der Waals surface area contributed by atoms with Gasteiger partial charge in [0, 0.05) is 17.3 Å². The second-order valence-electron chi connectivity index (χ2n) is 5.67. The van der Waals surface area contributed by atoms with E-state index in [-0.39, 0.29) is 5.54 Å². The van der Waals surface area contributed by atoms with Crippen LogP contribution in [-0.4, -0.2) is 22.0 Å². The third kappa shape index (κ3) is 1.97. The SMILES string of the molecule is CC1(C)CCCN1Cc1nc2ccc(N)cc2o1. The largest absolute Gasteiger partial charge is 0.439 e. The van der Waals surface area contributed by atoms with Gasteiger partial charge < -0.3 is 10.2 Å². The summed E-state index contributed by atoms with van der Waals surface area (Å²) in [6.45, 7) is 6.46. The lowest BCUT2D eigenvalue weighted by Gasteiger charge is -2.30. The van der Waals surface area contributed by atoms with Crippen LogP contribution in [0, 0.1) is 0 Å². The van der Waals surface area contributed by atoms with Gasteiger partial charge in [0.25, 0.3) is 0 Å². The number of nitrogens with two attached hydrogens (primary N) is 1. The molecule has 0 unspecified atom stereocenters. The van der Waals surface area contributed by atoms with Crippen LogP contribution < -0.4 is 5.73 Å². The maximum atomic E-state index is 5.77. The first-order chi connectivity index (χ1) is 8.54. The molecule has 2 heterocycles. The van der Waals surface area contributed by atoms with Crippen molar-refractivity contribution in [2.24, 2.45) is 0 Å². The molecule has 0 saturated carbocycles. The Hall–Kier alpha value is -1.55. The number of fused-ring (bicyclic) bond motifs is 1. The smallest absolute Gasteiger partial charge is 0.209 e. The molecular formula is C14H19N3O. The van der Waals surface area contributed by atoms with Crippen molar-refractivity contribution in [2.45, 2.75) is 38.8 Å². The predicted octanol–water partition coefficient (Wildman–Crippen LogP) is 2.78. The Morgan fingerprint density at radius 2 is 2.28 bits per heavy atom. The lowest BCUT2D eigenvalue weighted by atomic mass is 10.0. The monoisotopic (exact) mass is 245 g/mol. The van der Waals surface area contributed by atoms with Crippen molar-refractivity contribution in [2.75, 3.05) is 12.3 Å². The average molecular weight is 245 g/mol. The standard InChI is InChI=1S/C14H19N3O/c1-14(2)6-3-7-17(14)9-13-16-11-5-4-10(15)8-12(11)18-13/h4-5,8H,3,6-7,9,15H2,1-2H3. The number of hydrogen-bond acceptors (Lipinski definition) is 4. The summed E-state index contributed by atoms with van der Waals surface area (Å²) in [7, 11) is 0. The van der Waals surface area contributed by atoms with Gasteiger partial charge in [0.15, 0.2) is 5.58 Å². The van der Waals surface area contributed by atoms with Crippen LogP contribution >= 0.6 is 0 Å². The minimum absolute atomic E-state index is 0.250. The fourth-order valence-electron chi connectivity index (χ4n) is 2.68. The van der Waals surface area contributed by atoms with Crippen LogP contribution in [0.2, 0.25) is 0 Å². The highest BCUT2D eigenvalue weighted by Gasteiger charge is 2.32. The number of aromatic nitrogens is 1. The van der Waals surface area contributed by atoms with E-state index in [9.17, 15) is 0 Å². The maximum absolute atomic E-state index is 5.77. The minimum atomic E-state index is 0.250. The lowest BCUT2D eigenvalue weighted by Crippen LogP contribution is -2.37. The summed E-state index contributed by atoms with van der Waals surface area (Å²) < 4.78 is 5.77. The number of anilines is 1. The molecule has 4 heteroatoms. The Labute approximate surface area is 107 Å². The normalized spacial score (nSPS) is 19.7. The Morgan fingerprint density at radius 1 is 1.44 bits per heavy atom. The number of nitrogens with zero attached hydrogens (tertiary/aromatic N) is 2. The van der Waals surface area contributed by atoms with Crippen LogP contribution in [-0.2, 0) is 6.54 Å². The third-order valence-electron chi connectivity index (χ3n) is 3.86. The highest BCUT2D eigenvalue weighted by atomic mass is 16.3. The first-order valence-electron chi connectivity index (χ1n) is 6.45. The van der Waals surface area contributed by atoms with E-state index < -0.39 is 0 Å². The summed E-state index contributed by atoms with van der Waals surface area (Å²) in [6, 6.07) is 5.60. The zero-order valence-electron chi connectivity index (χ0n) is 10.9. The van der Waals surface area contributed by atoms with Crippen molar-refractivity contribution < 1.29 is 4.42 Å². The van der Waals surface area contributed by atoms with Gasteiger partial charge in [-0.2, -0.15) is 0 Å². The molecule has 96 valence electrons. The Kier molecular flexibility index (Phi) is 2.55. The summed E-state index contributed by atoms with van der Waals surface area (Å²) >= 11 is 0. The predicted molar refractivity (Wildman–Crippen MR) is 72.1 cm³/mol. The van der Waals surface area contributed by atoms with Gasteiger partial charge in [-0.15, -0.1) is 0 Å². The van der Waals surface area contributed by atoms with Crippen LogP contribution in [0.5, 0.6) is 0 Å². The molecule has 1 aromatic heterocycles. The van der Waals surface area contributed by atoms with E-state index in [1.165, 1.54) is 12.8 Å². The van der Waals surface area contributed by atoms with Crippen molar-refractivity contribution in [3.8, 4) is 0 Å². The van der Waals surface area contributed by atoms with Crippen LogP contribution in [0.4, 0.5) is 5.69 Å². The summed E-state index contributed by atoms with van der Waals surface area (Å²) in [5.41, 5.74) is 8.37. The minimum Gasteiger partial charge on any atom is -0.439 e. The molecular weight excluding hydrogens is 226 g/mol. The molecule has 0 spiro atoms. The van der Waals surface area contributed by atoms with E-state index in [0.29, 0.717) is 5.69 Å². The van der Waals surface area contributed by atoms with E-state index >= 15 is 0 Å². The van der Waals surface area contributed by atoms with E-state index in [1.807, 2.05) is 18.2 Å². The number of likely N-dealkylation sites (tertiary alicyclic amines) is 1. The van der Waals surface area contributed by atoms with Gasteiger partial charge in [0.2, 0.25) is 5.89 Å². The number of hydrogen-bond donors (Lipinski definition) is 1. The molecule has 0 aliphatic carbocycles. The second kappa shape index (κ2) is 3.99. The molecule has 3 rings (SSSR count). The molecule has 2 aromatic rings. The summed E-state index contributed by atoms with van der Waals surface area (Å²) in [4.78, 5) is 6.95. The molecule has 0 bridgehead atoms. The van der Waals surface area contributed by atoms with E-state index in [2.05, 4.69) is 23.7 Å². The fourth-order valence-corrected chi connectivity index (χ4v) is 2.68. The van der Waals surface area contributed by atoms with Gasteiger partial charge >= 0.3 is 0 Å². The fraction of sp³-hybridized carbons (Fsp3) is 0.500. The van der Waals surface area contributed by atoms with Gasteiger partial charge in [-0.05, 0) is 45.4 Å².